The molecular weight excluding hydrogens is 228 g/mol. The van der Waals surface area contributed by atoms with Gasteiger partial charge in [0, 0.05) is 19.6 Å². The van der Waals surface area contributed by atoms with Gasteiger partial charge in [-0.15, -0.1) is 0 Å². The molecule has 98 valence electrons. The Morgan fingerprint density at radius 2 is 2.22 bits per heavy atom. The van der Waals surface area contributed by atoms with Gasteiger partial charge in [0.2, 0.25) is 0 Å². The summed E-state index contributed by atoms with van der Waals surface area (Å²) in [7, 11) is 1.83. The largest absolute Gasteiger partial charge is 0.484 e. The number of carbonyl (C=O) groups is 1. The van der Waals surface area contributed by atoms with E-state index in [9.17, 15) is 4.79 Å². The van der Waals surface area contributed by atoms with Crippen LogP contribution >= 0.6 is 0 Å². The third kappa shape index (κ3) is 3.74. The Hall–Kier alpha value is -1.55. The van der Waals surface area contributed by atoms with Gasteiger partial charge < -0.3 is 15.0 Å². The van der Waals surface area contributed by atoms with E-state index in [0.29, 0.717) is 6.04 Å². The molecule has 0 bridgehead atoms. The smallest absolute Gasteiger partial charge is 0.260 e. The lowest BCUT2D eigenvalue weighted by molar-refractivity contribution is -0.132. The van der Waals surface area contributed by atoms with Gasteiger partial charge in [-0.3, -0.25) is 4.79 Å². The van der Waals surface area contributed by atoms with Gasteiger partial charge in [0.1, 0.15) is 5.75 Å². The molecule has 18 heavy (non-hydrogen) atoms. The van der Waals surface area contributed by atoms with E-state index in [0.717, 1.165) is 25.3 Å². The summed E-state index contributed by atoms with van der Waals surface area (Å²) in [5.74, 6) is 0.755. The standard InChI is InChI=1S/C14H20N2O2/c1-16(10-12-6-5-9-15-12)14(17)11-18-13-7-3-2-4-8-13/h2-4,7-8,12,15H,5-6,9-11H2,1H3. The summed E-state index contributed by atoms with van der Waals surface area (Å²) in [6.07, 6.45) is 2.35. The Kier molecular flexibility index (Phi) is 4.59. The van der Waals surface area contributed by atoms with Crippen molar-refractivity contribution in [2.45, 2.75) is 18.9 Å². The second-order valence-electron chi connectivity index (χ2n) is 4.67. The summed E-state index contributed by atoms with van der Waals surface area (Å²) in [5.41, 5.74) is 0. The molecule has 1 N–H and O–H groups in total. The Bertz CT molecular complexity index is 375. The molecule has 1 heterocycles. The van der Waals surface area contributed by atoms with Crippen molar-refractivity contribution in [2.24, 2.45) is 0 Å². The number of nitrogens with one attached hydrogen (secondary N) is 1. The fourth-order valence-electron chi connectivity index (χ4n) is 2.12. The fraction of sp³-hybridized carbons (Fsp3) is 0.500. The van der Waals surface area contributed by atoms with E-state index in [1.165, 1.54) is 6.42 Å². The average Bonchev–Trinajstić information content (AvgIpc) is 2.90. The maximum atomic E-state index is 11.9. The predicted octanol–water partition coefficient (Wildman–Crippen LogP) is 1.28. The SMILES string of the molecule is CN(CC1CCCN1)C(=O)COc1ccccc1. The van der Waals surface area contributed by atoms with Crippen molar-refractivity contribution >= 4 is 5.91 Å². The van der Waals surface area contributed by atoms with Crippen molar-refractivity contribution in [3.8, 4) is 5.75 Å². The van der Waals surface area contributed by atoms with E-state index in [1.54, 1.807) is 4.90 Å². The third-order valence-corrected chi connectivity index (χ3v) is 3.19. The highest BCUT2D eigenvalue weighted by molar-refractivity contribution is 5.77. The molecule has 0 aliphatic carbocycles. The van der Waals surface area contributed by atoms with E-state index in [-0.39, 0.29) is 12.5 Å². The van der Waals surface area contributed by atoms with Gasteiger partial charge in [-0.05, 0) is 31.5 Å². The number of ether oxygens (including phenoxy) is 1. The quantitative estimate of drug-likeness (QED) is 0.853. The number of likely N-dealkylation sites (N-methyl/N-ethyl adjacent to an activating group) is 1. The first-order valence-corrected chi connectivity index (χ1v) is 6.41. The molecular formula is C14H20N2O2. The number of amides is 1. The van der Waals surface area contributed by atoms with E-state index in [2.05, 4.69) is 5.32 Å². The van der Waals surface area contributed by atoms with E-state index >= 15 is 0 Å². The van der Waals surface area contributed by atoms with Gasteiger partial charge in [0.05, 0.1) is 0 Å². The maximum absolute atomic E-state index is 11.9. The number of hydrogen-bond acceptors (Lipinski definition) is 3. The molecule has 1 aromatic rings. The summed E-state index contributed by atoms with van der Waals surface area (Å²) in [5, 5.41) is 3.38. The predicted molar refractivity (Wildman–Crippen MR) is 70.6 cm³/mol. The van der Waals surface area contributed by atoms with Crippen molar-refractivity contribution in [1.29, 1.82) is 0 Å². The first kappa shape index (κ1) is 12.9. The molecule has 1 aliphatic rings. The van der Waals surface area contributed by atoms with Crippen LogP contribution in [-0.4, -0.2) is 43.6 Å². The van der Waals surface area contributed by atoms with E-state index < -0.39 is 0 Å². The third-order valence-electron chi connectivity index (χ3n) is 3.19. The molecule has 4 heteroatoms. The molecule has 1 fully saturated rings. The highest BCUT2D eigenvalue weighted by atomic mass is 16.5. The first-order valence-electron chi connectivity index (χ1n) is 6.41. The van der Waals surface area contributed by atoms with Gasteiger partial charge in [-0.25, -0.2) is 0 Å². The molecule has 1 aromatic carbocycles. The lowest BCUT2D eigenvalue weighted by atomic mass is 10.2. The zero-order valence-corrected chi connectivity index (χ0v) is 10.8. The van der Waals surface area contributed by atoms with Gasteiger partial charge in [-0.1, -0.05) is 18.2 Å². The van der Waals surface area contributed by atoms with Crippen LogP contribution in [0, 0.1) is 0 Å². The van der Waals surface area contributed by atoms with Gasteiger partial charge >= 0.3 is 0 Å². The molecule has 1 atom stereocenters. The Labute approximate surface area is 108 Å². The second kappa shape index (κ2) is 6.40. The van der Waals surface area contributed by atoms with Crippen molar-refractivity contribution in [3.05, 3.63) is 30.3 Å². The van der Waals surface area contributed by atoms with Gasteiger partial charge in [-0.2, -0.15) is 0 Å². The van der Waals surface area contributed by atoms with Crippen molar-refractivity contribution in [2.75, 3.05) is 26.7 Å². The second-order valence-corrected chi connectivity index (χ2v) is 4.67. The average molecular weight is 248 g/mol. The fourth-order valence-corrected chi connectivity index (χ4v) is 2.12. The molecule has 0 radical (unpaired) electrons. The summed E-state index contributed by atoms with van der Waals surface area (Å²) in [6, 6.07) is 9.86. The van der Waals surface area contributed by atoms with Crippen LogP contribution in [0.3, 0.4) is 0 Å². The molecule has 2 rings (SSSR count). The van der Waals surface area contributed by atoms with Gasteiger partial charge in [0.25, 0.3) is 5.91 Å². The van der Waals surface area contributed by atoms with E-state index in [1.807, 2.05) is 37.4 Å². The van der Waals surface area contributed by atoms with Crippen LogP contribution in [0.4, 0.5) is 0 Å². The Morgan fingerprint density at radius 1 is 1.44 bits per heavy atom. The zero-order chi connectivity index (χ0) is 12.8. The van der Waals surface area contributed by atoms with Crippen molar-refractivity contribution < 1.29 is 9.53 Å². The van der Waals surface area contributed by atoms with Crippen LogP contribution in [0.2, 0.25) is 0 Å². The summed E-state index contributed by atoms with van der Waals surface area (Å²) >= 11 is 0. The first-order chi connectivity index (χ1) is 8.75. The number of para-hydroxylation sites is 1. The highest BCUT2D eigenvalue weighted by Gasteiger charge is 2.18. The molecule has 0 saturated carbocycles. The normalized spacial score (nSPS) is 18.6. The van der Waals surface area contributed by atoms with Crippen LogP contribution < -0.4 is 10.1 Å². The van der Waals surface area contributed by atoms with E-state index in [4.69, 9.17) is 4.74 Å². The van der Waals surface area contributed by atoms with Crippen LogP contribution in [0.1, 0.15) is 12.8 Å². The number of carbonyl (C=O) groups excluding carboxylic acids is 1. The molecule has 1 aliphatic heterocycles. The lowest BCUT2D eigenvalue weighted by Crippen LogP contribution is -2.40. The van der Waals surface area contributed by atoms with Crippen LogP contribution in [-0.2, 0) is 4.79 Å². The van der Waals surface area contributed by atoms with Crippen molar-refractivity contribution in [3.63, 3.8) is 0 Å². The number of nitrogens with zero attached hydrogens (tertiary/aromatic N) is 1. The Balaban J connectivity index is 1.73. The zero-order valence-electron chi connectivity index (χ0n) is 10.8. The maximum Gasteiger partial charge on any atom is 0.260 e. The summed E-state index contributed by atoms with van der Waals surface area (Å²) in [4.78, 5) is 13.6. The van der Waals surface area contributed by atoms with Crippen LogP contribution in [0.25, 0.3) is 0 Å². The molecule has 4 nitrogen and oxygen atoms in total. The number of hydrogen-bond donors (Lipinski definition) is 1. The summed E-state index contributed by atoms with van der Waals surface area (Å²) < 4.78 is 5.44. The topological polar surface area (TPSA) is 41.6 Å². The van der Waals surface area contributed by atoms with Crippen LogP contribution in [0.15, 0.2) is 30.3 Å². The van der Waals surface area contributed by atoms with Crippen molar-refractivity contribution in [1.82, 2.24) is 10.2 Å². The summed E-state index contributed by atoms with van der Waals surface area (Å²) in [6.45, 7) is 1.93. The molecule has 1 amide bonds. The highest BCUT2D eigenvalue weighted by Crippen LogP contribution is 2.09. The molecule has 1 saturated heterocycles. The van der Waals surface area contributed by atoms with Gasteiger partial charge in [0.15, 0.2) is 6.61 Å². The molecule has 1 unspecified atom stereocenters. The monoisotopic (exact) mass is 248 g/mol. The van der Waals surface area contributed by atoms with Crippen LogP contribution in [0.5, 0.6) is 5.75 Å². The Morgan fingerprint density at radius 3 is 2.89 bits per heavy atom. The number of benzene rings is 1. The molecule has 0 aromatic heterocycles. The minimum absolute atomic E-state index is 0.0209. The molecule has 0 spiro atoms. The minimum Gasteiger partial charge on any atom is -0.484 e. The lowest BCUT2D eigenvalue weighted by Gasteiger charge is -2.21. The minimum atomic E-state index is 0.0209. The number of rotatable bonds is 5.